The van der Waals surface area contributed by atoms with E-state index in [2.05, 4.69) is 55.9 Å². The molecule has 4 atom stereocenters. The van der Waals surface area contributed by atoms with Crippen molar-refractivity contribution in [2.24, 2.45) is 0 Å². The van der Waals surface area contributed by atoms with Crippen LogP contribution in [-0.2, 0) is 16.0 Å². The molecule has 71 heavy (non-hydrogen) atoms. The normalized spacial score (nSPS) is 16.9. The molecule has 15 heteroatoms. The maximum Gasteiger partial charge on any atom is 0.249 e. The lowest BCUT2D eigenvalue weighted by Crippen LogP contribution is -2.44. The van der Waals surface area contributed by atoms with Crippen LogP contribution in [0.4, 0.5) is 23.0 Å². The molecule has 6 aromatic rings. The van der Waals surface area contributed by atoms with Crippen LogP contribution in [0.5, 0.6) is 0 Å². The Morgan fingerprint density at radius 1 is 0.648 bits per heavy atom. The predicted molar refractivity (Wildman–Crippen MR) is 296 cm³/mol. The number of aliphatic hydroxyl groups excluding tert-OH is 2. The van der Waals surface area contributed by atoms with Gasteiger partial charge in [0.1, 0.15) is 34.0 Å². The van der Waals surface area contributed by atoms with E-state index in [0.29, 0.717) is 42.1 Å². The predicted octanol–water partition coefficient (Wildman–Crippen LogP) is 11.3. The van der Waals surface area contributed by atoms with Crippen LogP contribution in [0.3, 0.4) is 0 Å². The zero-order valence-corrected chi connectivity index (χ0v) is 45.2. The summed E-state index contributed by atoms with van der Waals surface area (Å²) in [5.74, 6) is 1.39. The Morgan fingerprint density at radius 3 is 1.49 bits per heavy atom. The molecule has 2 fully saturated rings. The van der Waals surface area contributed by atoms with E-state index in [4.69, 9.17) is 23.2 Å². The van der Waals surface area contributed by atoms with Gasteiger partial charge in [-0.3, -0.25) is 9.59 Å². The number of aromatic nitrogens is 4. The second kappa shape index (κ2) is 25.9. The Labute approximate surface area is 437 Å². The molecule has 2 aliphatic rings. The number of hydrogen-bond donors (Lipinski definition) is 2. The third-order valence-electron chi connectivity index (χ3n) is 12.4. The number of rotatable bonds is 9. The summed E-state index contributed by atoms with van der Waals surface area (Å²) < 4.78 is 1.00. The standard InChI is InChI=1S/C21H27N3O2.C21H25N3O2.C8H8ClN.C6H5BrClN/c2*1-5-16-10-20(22-12-15(16)3)24-13-18(25)11-19(24)21(26)23(4)17-8-6-7-14(2)9-17;1-3-7-4-8(9)10-5-6(7)2;1-4-3-9-6(8)2-5(4)7/h6-10,12,18-19,25H,5,11,13H2,1-4H3;5-10,12,18-19,25H,1,11,13H2,2-4H3;3-5H,1H2,2H3;2-3H,1H3/t2*18-,19-;;/m00../s1. The van der Waals surface area contributed by atoms with E-state index in [1.807, 2.05) is 118 Å². The third kappa shape index (κ3) is 15.0. The Balaban J connectivity index is 0.000000194. The van der Waals surface area contributed by atoms with E-state index < -0.39 is 24.3 Å². The highest BCUT2D eigenvalue weighted by Gasteiger charge is 2.40. The zero-order valence-electron chi connectivity index (χ0n) is 42.1. The average Bonchev–Trinajstić information content (AvgIpc) is 3.95. The number of benzene rings is 2. The molecule has 2 N–H and O–H groups in total. The van der Waals surface area contributed by atoms with E-state index in [9.17, 15) is 19.8 Å². The molecule has 6 heterocycles. The van der Waals surface area contributed by atoms with Gasteiger partial charge in [-0.2, -0.15) is 0 Å². The van der Waals surface area contributed by atoms with Crippen LogP contribution >= 0.6 is 39.1 Å². The van der Waals surface area contributed by atoms with Gasteiger partial charge in [-0.05, 0) is 147 Å². The zero-order chi connectivity index (χ0) is 52.1. The number of β-amino-alcohol motifs (C(OH)–C–C–N with tert-alkyl or cyclic N) is 2. The summed E-state index contributed by atoms with van der Waals surface area (Å²) in [5.41, 5.74) is 11.5. The SMILES string of the molecule is C=Cc1cc(Cl)ncc1C.C=Cc1cc(N2C[C@@H](O)C[C@H]2C(=O)N(C)c2cccc(C)c2)ncc1C.CCc1cc(N2C[C@@H](O)C[C@H]2C(=O)N(C)c2cccc(C)c2)ncc1C.Cc1cnc(Cl)cc1Br. The fourth-order valence-corrected chi connectivity index (χ4v) is 8.96. The lowest BCUT2D eigenvalue weighted by Gasteiger charge is -2.29. The molecule has 2 saturated heterocycles. The van der Waals surface area contributed by atoms with Crippen molar-refractivity contribution in [1.82, 2.24) is 19.9 Å². The number of aliphatic hydroxyl groups is 2. The van der Waals surface area contributed by atoms with E-state index >= 15 is 0 Å². The van der Waals surface area contributed by atoms with Crippen molar-refractivity contribution >= 4 is 86.1 Å². The third-order valence-corrected chi connectivity index (χ3v) is 13.7. The minimum atomic E-state index is -0.551. The number of hydrogen-bond acceptors (Lipinski definition) is 10. The molecule has 0 bridgehead atoms. The van der Waals surface area contributed by atoms with Gasteiger partial charge in [-0.25, -0.2) is 19.9 Å². The van der Waals surface area contributed by atoms with Crippen LogP contribution < -0.4 is 19.6 Å². The first-order chi connectivity index (χ1) is 33.7. The molecule has 374 valence electrons. The molecule has 0 radical (unpaired) electrons. The molecule has 8 rings (SSSR count). The van der Waals surface area contributed by atoms with E-state index in [1.54, 1.807) is 66.8 Å². The van der Waals surface area contributed by atoms with Crippen molar-refractivity contribution in [1.29, 1.82) is 0 Å². The van der Waals surface area contributed by atoms with Crippen molar-refractivity contribution in [2.45, 2.75) is 92.0 Å². The van der Waals surface area contributed by atoms with Gasteiger partial charge in [-0.15, -0.1) is 0 Å². The van der Waals surface area contributed by atoms with Gasteiger partial charge in [0.2, 0.25) is 11.8 Å². The summed E-state index contributed by atoms with van der Waals surface area (Å²) in [5, 5.41) is 21.5. The molecule has 0 unspecified atom stereocenters. The van der Waals surface area contributed by atoms with E-state index in [-0.39, 0.29) is 11.8 Å². The highest BCUT2D eigenvalue weighted by Crippen LogP contribution is 2.31. The van der Waals surface area contributed by atoms with Crippen molar-refractivity contribution in [2.75, 3.05) is 46.8 Å². The number of carbonyl (C=O) groups excluding carboxylic acids is 2. The molecule has 4 aromatic heterocycles. The van der Waals surface area contributed by atoms with Crippen LogP contribution in [0.15, 0.2) is 115 Å². The maximum absolute atomic E-state index is 13.2. The van der Waals surface area contributed by atoms with Gasteiger partial charge in [0.25, 0.3) is 0 Å². The van der Waals surface area contributed by atoms with E-state index in [1.165, 1.54) is 5.56 Å². The van der Waals surface area contributed by atoms with Gasteiger partial charge in [-0.1, -0.05) is 95.6 Å². The number of carbonyl (C=O) groups is 2. The van der Waals surface area contributed by atoms with Crippen LogP contribution in [-0.4, -0.2) is 93.4 Å². The minimum absolute atomic E-state index is 0.0208. The first kappa shape index (κ1) is 56.0. The molecule has 0 aliphatic carbocycles. The number of likely N-dealkylation sites (N-methyl/N-ethyl adjacent to an activating group) is 2. The number of pyridine rings is 4. The quantitative estimate of drug-likeness (QED) is 0.135. The number of halogens is 3. The largest absolute Gasteiger partial charge is 0.391 e. The summed E-state index contributed by atoms with van der Waals surface area (Å²) in [4.78, 5) is 50.2. The molecule has 2 amide bonds. The van der Waals surface area contributed by atoms with E-state index in [0.717, 1.165) is 72.6 Å². The summed E-state index contributed by atoms with van der Waals surface area (Å²) in [6, 6.07) is 22.4. The summed E-state index contributed by atoms with van der Waals surface area (Å²) in [7, 11) is 3.57. The average molecular weight is 1060 g/mol. The summed E-state index contributed by atoms with van der Waals surface area (Å²) in [6.45, 7) is 22.4. The van der Waals surface area contributed by atoms with Crippen LogP contribution in [0.25, 0.3) is 12.2 Å². The molecular weight excluding hydrogens is 999 g/mol. The Bertz CT molecular complexity index is 2830. The first-order valence-corrected chi connectivity index (χ1v) is 24.9. The molecular formula is C56H65BrCl2N8O4. The van der Waals surface area contributed by atoms with Gasteiger partial charge in [0.15, 0.2) is 0 Å². The first-order valence-electron chi connectivity index (χ1n) is 23.4. The summed E-state index contributed by atoms with van der Waals surface area (Å²) in [6.07, 6.45) is 11.3. The Kier molecular flexibility index (Phi) is 20.4. The molecule has 0 spiro atoms. The van der Waals surface area contributed by atoms with Gasteiger partial charge in [0, 0.05) is 80.7 Å². The molecule has 0 saturated carbocycles. The second-order valence-corrected chi connectivity index (χ2v) is 19.5. The molecule has 12 nitrogen and oxygen atoms in total. The minimum Gasteiger partial charge on any atom is -0.391 e. The van der Waals surface area contributed by atoms with Gasteiger partial charge >= 0.3 is 0 Å². The van der Waals surface area contributed by atoms with Crippen molar-refractivity contribution in [3.8, 4) is 0 Å². The summed E-state index contributed by atoms with van der Waals surface area (Å²) >= 11 is 14.5. The topological polar surface area (TPSA) is 139 Å². The van der Waals surface area contributed by atoms with Crippen LogP contribution in [0.1, 0.15) is 69.8 Å². The van der Waals surface area contributed by atoms with Gasteiger partial charge in [0.05, 0.1) is 12.2 Å². The molecule has 2 aromatic carbocycles. The number of aryl methyl sites for hydroxylation is 7. The monoisotopic (exact) mass is 1060 g/mol. The Morgan fingerprint density at radius 2 is 1.07 bits per heavy atom. The highest BCUT2D eigenvalue weighted by molar-refractivity contribution is 9.10. The lowest BCUT2D eigenvalue weighted by molar-refractivity contribution is -0.120. The van der Waals surface area contributed by atoms with Crippen LogP contribution in [0, 0.1) is 41.5 Å². The lowest BCUT2D eigenvalue weighted by atomic mass is 10.1. The van der Waals surface area contributed by atoms with Gasteiger partial charge < -0.3 is 29.8 Å². The smallest absolute Gasteiger partial charge is 0.249 e. The number of anilines is 4. The highest BCUT2D eigenvalue weighted by atomic mass is 79.9. The molecule has 2 aliphatic heterocycles. The number of nitrogens with zero attached hydrogens (tertiary/aromatic N) is 8. The maximum atomic E-state index is 13.2. The second-order valence-electron chi connectivity index (χ2n) is 17.8. The van der Waals surface area contributed by atoms with Crippen molar-refractivity contribution < 1.29 is 19.8 Å². The fourth-order valence-electron chi connectivity index (χ4n) is 8.18. The van der Waals surface area contributed by atoms with Crippen molar-refractivity contribution in [3.63, 3.8) is 0 Å². The van der Waals surface area contributed by atoms with Crippen molar-refractivity contribution in [3.05, 3.63) is 176 Å². The number of amides is 2. The fraction of sp³-hybridized carbons (Fsp3) is 0.321. The Hall–Kier alpha value is -5.96. The van der Waals surface area contributed by atoms with Crippen LogP contribution in [0.2, 0.25) is 10.3 Å².